The van der Waals surface area contributed by atoms with Crippen molar-refractivity contribution in [1.82, 2.24) is 25.7 Å². The number of thiophene rings is 1. The number of rotatable bonds is 6. The standard InChI is InChI=1S/C22H22F4N6O2S3/c23-12-7-32(10-8-33-9-10)5-4-13(12)28-14-3-1-2-11-16(14)36-18(17(11)37-22(24,25)26)19-30-20(34-31-19)15-6-27-21(35)29-15/h1-3,10,12-13,15,28H,4-9H2,(H2,27,29,35)/t12-,13+,15+/m0/s1. The van der Waals surface area contributed by atoms with Crippen molar-refractivity contribution < 1.29 is 26.8 Å². The summed E-state index contributed by atoms with van der Waals surface area (Å²) in [7, 11) is 0. The van der Waals surface area contributed by atoms with Crippen molar-refractivity contribution in [3.05, 3.63) is 24.1 Å². The van der Waals surface area contributed by atoms with Crippen LogP contribution in [0.15, 0.2) is 27.6 Å². The first-order valence-corrected chi connectivity index (χ1v) is 13.7. The molecule has 0 amide bonds. The van der Waals surface area contributed by atoms with E-state index >= 15 is 4.39 Å². The molecule has 1 aromatic carbocycles. The lowest BCUT2D eigenvalue weighted by atomic mass is 10.00. The van der Waals surface area contributed by atoms with Gasteiger partial charge in [0, 0.05) is 29.9 Å². The monoisotopic (exact) mass is 574 g/mol. The minimum absolute atomic E-state index is 0.00636. The fourth-order valence-corrected chi connectivity index (χ4v) is 7.04. The van der Waals surface area contributed by atoms with E-state index in [0.29, 0.717) is 53.6 Å². The largest absolute Gasteiger partial charge is 0.446 e. The molecule has 0 spiro atoms. The van der Waals surface area contributed by atoms with Gasteiger partial charge < -0.3 is 25.2 Å². The number of nitrogens with zero attached hydrogens (tertiary/aromatic N) is 3. The van der Waals surface area contributed by atoms with Crippen molar-refractivity contribution in [3.63, 3.8) is 0 Å². The maximum absolute atomic E-state index is 15.1. The fourth-order valence-electron chi connectivity index (χ4n) is 4.70. The zero-order valence-electron chi connectivity index (χ0n) is 19.2. The van der Waals surface area contributed by atoms with Gasteiger partial charge in [0.2, 0.25) is 5.82 Å². The lowest BCUT2D eigenvalue weighted by molar-refractivity contribution is -0.0793. The smallest absolute Gasteiger partial charge is 0.378 e. The van der Waals surface area contributed by atoms with Gasteiger partial charge in [-0.05, 0) is 36.5 Å². The van der Waals surface area contributed by atoms with Gasteiger partial charge in [-0.2, -0.15) is 18.2 Å². The Kier molecular flexibility index (Phi) is 6.67. The van der Waals surface area contributed by atoms with Crippen molar-refractivity contribution in [1.29, 1.82) is 0 Å². The summed E-state index contributed by atoms with van der Waals surface area (Å²) >= 11 is 5.97. The molecule has 0 saturated carbocycles. The number of fused-ring (bicyclic) bond motifs is 1. The summed E-state index contributed by atoms with van der Waals surface area (Å²) < 4.78 is 67.0. The van der Waals surface area contributed by atoms with Crippen molar-refractivity contribution in [3.8, 4) is 10.7 Å². The molecular weight excluding hydrogens is 552 g/mol. The van der Waals surface area contributed by atoms with Gasteiger partial charge in [-0.15, -0.1) is 11.3 Å². The first-order valence-electron chi connectivity index (χ1n) is 11.7. The number of benzene rings is 1. The number of likely N-dealkylation sites (tertiary alicyclic amines) is 1. The van der Waals surface area contributed by atoms with Crippen LogP contribution in [0, 0.1) is 0 Å². The SMILES string of the molecule is F[C@H]1CN(C2COC2)CC[C@H]1Nc1cccc2c(SC(F)(F)F)c(-c3noc([C@H]4CNC(=S)N4)n3)sc12. The van der Waals surface area contributed by atoms with Crippen molar-refractivity contribution in [2.45, 2.75) is 41.1 Å². The summed E-state index contributed by atoms with van der Waals surface area (Å²) in [5.41, 5.74) is -3.94. The third-order valence-electron chi connectivity index (χ3n) is 6.65. The molecule has 198 valence electrons. The predicted octanol–water partition coefficient (Wildman–Crippen LogP) is 4.31. The molecule has 3 N–H and O–H groups in total. The van der Waals surface area contributed by atoms with Gasteiger partial charge in [0.05, 0.1) is 40.6 Å². The maximum atomic E-state index is 15.1. The third kappa shape index (κ3) is 5.11. The predicted molar refractivity (Wildman–Crippen MR) is 137 cm³/mol. The maximum Gasteiger partial charge on any atom is 0.446 e. The van der Waals surface area contributed by atoms with E-state index in [9.17, 15) is 13.2 Å². The second-order valence-electron chi connectivity index (χ2n) is 9.10. The third-order valence-corrected chi connectivity index (χ3v) is 9.14. The van der Waals surface area contributed by atoms with E-state index in [0.717, 1.165) is 17.9 Å². The number of thiocarbonyl (C=S) groups is 1. The van der Waals surface area contributed by atoms with Crippen LogP contribution >= 0.6 is 35.3 Å². The molecule has 3 fully saturated rings. The van der Waals surface area contributed by atoms with Crippen LogP contribution in [0.5, 0.6) is 0 Å². The molecule has 0 bridgehead atoms. The molecular formula is C22H22F4N6O2S3. The van der Waals surface area contributed by atoms with Gasteiger partial charge in [0.25, 0.3) is 5.89 Å². The number of hydrogen-bond acceptors (Lipinski definition) is 9. The summed E-state index contributed by atoms with van der Waals surface area (Å²) in [6, 6.07) is 4.51. The number of anilines is 1. The highest BCUT2D eigenvalue weighted by Crippen LogP contribution is 2.50. The Morgan fingerprint density at radius 3 is 2.78 bits per heavy atom. The molecule has 2 aromatic heterocycles. The first-order chi connectivity index (χ1) is 17.7. The average molecular weight is 575 g/mol. The topological polar surface area (TPSA) is 87.5 Å². The van der Waals surface area contributed by atoms with Crippen LogP contribution < -0.4 is 16.0 Å². The molecule has 3 aliphatic heterocycles. The second kappa shape index (κ2) is 9.84. The molecule has 15 heteroatoms. The molecule has 0 aliphatic carbocycles. The second-order valence-corrected chi connectivity index (χ2v) is 11.6. The quantitative estimate of drug-likeness (QED) is 0.225. The summed E-state index contributed by atoms with van der Waals surface area (Å²) in [4.78, 5) is 6.71. The fraction of sp³-hybridized carbons (Fsp3) is 0.500. The van der Waals surface area contributed by atoms with E-state index in [-0.39, 0.29) is 45.3 Å². The molecule has 0 radical (unpaired) electrons. The van der Waals surface area contributed by atoms with Crippen LogP contribution in [0.3, 0.4) is 0 Å². The Labute approximate surface area is 222 Å². The van der Waals surface area contributed by atoms with E-state index in [2.05, 4.69) is 31.0 Å². The lowest BCUT2D eigenvalue weighted by Gasteiger charge is -2.43. The Balaban J connectivity index is 1.31. The highest BCUT2D eigenvalue weighted by molar-refractivity contribution is 8.00. The van der Waals surface area contributed by atoms with Crippen molar-refractivity contribution in [2.75, 3.05) is 38.2 Å². The molecule has 3 aliphatic rings. The summed E-state index contributed by atoms with van der Waals surface area (Å²) in [5.74, 6) is 0.290. The minimum Gasteiger partial charge on any atom is -0.378 e. The minimum atomic E-state index is -4.52. The normalized spacial score (nSPS) is 25.2. The van der Waals surface area contributed by atoms with E-state index in [4.69, 9.17) is 21.5 Å². The average Bonchev–Trinajstić information content (AvgIpc) is 3.53. The van der Waals surface area contributed by atoms with Crippen molar-refractivity contribution >= 4 is 56.2 Å². The number of ether oxygens (including phenoxy) is 1. The zero-order chi connectivity index (χ0) is 25.7. The molecule has 8 nitrogen and oxygen atoms in total. The molecule has 3 aromatic rings. The Hall–Kier alpha value is -2.20. The lowest BCUT2D eigenvalue weighted by Crippen LogP contribution is -2.57. The van der Waals surface area contributed by atoms with E-state index in [1.54, 1.807) is 18.2 Å². The first kappa shape index (κ1) is 25.1. The van der Waals surface area contributed by atoms with Crippen LogP contribution in [-0.2, 0) is 4.74 Å². The van der Waals surface area contributed by atoms with E-state index in [1.807, 2.05) is 0 Å². The molecule has 37 heavy (non-hydrogen) atoms. The molecule has 3 saturated heterocycles. The Morgan fingerprint density at radius 1 is 1.27 bits per heavy atom. The Bertz CT molecular complexity index is 1310. The number of halogens is 4. The van der Waals surface area contributed by atoms with Crippen LogP contribution in [0.1, 0.15) is 18.4 Å². The van der Waals surface area contributed by atoms with Crippen LogP contribution in [0.25, 0.3) is 20.8 Å². The van der Waals surface area contributed by atoms with Crippen LogP contribution in [-0.4, -0.2) is 76.8 Å². The number of thioether (sulfide) groups is 1. The van der Waals surface area contributed by atoms with Gasteiger partial charge >= 0.3 is 5.51 Å². The number of nitrogens with one attached hydrogen (secondary N) is 3. The molecule has 6 rings (SSSR count). The van der Waals surface area contributed by atoms with Gasteiger partial charge in [0.1, 0.15) is 12.2 Å². The van der Waals surface area contributed by atoms with Gasteiger partial charge in [0.15, 0.2) is 5.11 Å². The number of hydrogen-bond donors (Lipinski definition) is 3. The molecule has 3 atom stereocenters. The number of aromatic nitrogens is 2. The van der Waals surface area contributed by atoms with Gasteiger partial charge in [-0.1, -0.05) is 17.3 Å². The zero-order valence-corrected chi connectivity index (χ0v) is 21.6. The summed E-state index contributed by atoms with van der Waals surface area (Å²) in [6.07, 6.45) is -0.541. The number of alkyl halides is 4. The highest BCUT2D eigenvalue weighted by Gasteiger charge is 2.37. The van der Waals surface area contributed by atoms with Crippen LogP contribution in [0.4, 0.5) is 23.2 Å². The van der Waals surface area contributed by atoms with Gasteiger partial charge in [-0.25, -0.2) is 4.39 Å². The molecule has 5 heterocycles. The summed E-state index contributed by atoms with van der Waals surface area (Å²) in [6.45, 7) is 2.71. The molecule has 0 unspecified atom stereocenters. The highest BCUT2D eigenvalue weighted by atomic mass is 32.2. The Morgan fingerprint density at radius 2 is 2.11 bits per heavy atom. The van der Waals surface area contributed by atoms with Crippen molar-refractivity contribution in [2.24, 2.45) is 0 Å². The van der Waals surface area contributed by atoms with Crippen LogP contribution in [0.2, 0.25) is 0 Å². The van der Waals surface area contributed by atoms with E-state index < -0.39 is 17.7 Å². The van der Waals surface area contributed by atoms with E-state index in [1.165, 1.54) is 0 Å². The summed E-state index contributed by atoms with van der Waals surface area (Å²) in [5, 5.41) is 14.0. The number of piperidine rings is 1. The van der Waals surface area contributed by atoms with Gasteiger partial charge in [-0.3, -0.25) is 4.90 Å².